The lowest BCUT2D eigenvalue weighted by atomic mass is 9.75. The van der Waals surface area contributed by atoms with Crippen LogP contribution in [0.3, 0.4) is 0 Å². The zero-order valence-electron chi connectivity index (χ0n) is 10.9. The molecule has 1 saturated carbocycles. The van der Waals surface area contributed by atoms with Crippen molar-refractivity contribution in [3.05, 3.63) is 35.4 Å². The molecule has 2 N–H and O–H groups in total. The fourth-order valence-electron chi connectivity index (χ4n) is 2.53. The first-order valence-electron chi connectivity index (χ1n) is 6.67. The molecule has 2 rings (SSSR count). The number of benzene rings is 1. The molecule has 1 aliphatic rings. The highest BCUT2D eigenvalue weighted by Crippen LogP contribution is 2.36. The fourth-order valence-corrected chi connectivity index (χ4v) is 2.53. The Morgan fingerprint density at radius 2 is 2.22 bits per heavy atom. The summed E-state index contributed by atoms with van der Waals surface area (Å²) < 4.78 is 0. The van der Waals surface area contributed by atoms with E-state index in [1.165, 1.54) is 24.0 Å². The second-order valence-electron chi connectivity index (χ2n) is 5.23. The first-order valence-corrected chi connectivity index (χ1v) is 6.67. The summed E-state index contributed by atoms with van der Waals surface area (Å²) in [7, 11) is 0. The van der Waals surface area contributed by atoms with Gasteiger partial charge in [-0.3, -0.25) is 4.79 Å². The minimum Gasteiger partial charge on any atom is -0.481 e. The molecule has 0 atom stereocenters. The highest BCUT2D eigenvalue weighted by atomic mass is 16.4. The summed E-state index contributed by atoms with van der Waals surface area (Å²) in [5, 5.41) is 12.0. The van der Waals surface area contributed by atoms with Crippen molar-refractivity contribution >= 4 is 5.97 Å². The van der Waals surface area contributed by atoms with Crippen molar-refractivity contribution in [2.24, 2.45) is 0 Å². The van der Waals surface area contributed by atoms with Gasteiger partial charge < -0.3 is 10.4 Å². The smallest absolute Gasteiger partial charge is 0.303 e. The summed E-state index contributed by atoms with van der Waals surface area (Å²) in [4.78, 5) is 10.4. The van der Waals surface area contributed by atoms with E-state index in [0.29, 0.717) is 12.0 Å². The number of carboxylic acids is 1. The lowest BCUT2D eigenvalue weighted by Gasteiger charge is -2.36. The maximum absolute atomic E-state index is 10.4. The van der Waals surface area contributed by atoms with Gasteiger partial charge in [-0.15, -0.1) is 0 Å². The summed E-state index contributed by atoms with van der Waals surface area (Å²) in [6.07, 6.45) is 3.34. The molecule has 3 heteroatoms. The largest absolute Gasteiger partial charge is 0.481 e. The van der Waals surface area contributed by atoms with Gasteiger partial charge in [0.15, 0.2) is 0 Å². The van der Waals surface area contributed by atoms with Crippen LogP contribution in [0.4, 0.5) is 0 Å². The molecule has 1 aliphatic carbocycles. The third-order valence-corrected chi connectivity index (χ3v) is 3.65. The summed E-state index contributed by atoms with van der Waals surface area (Å²) >= 11 is 0. The van der Waals surface area contributed by atoms with Gasteiger partial charge in [-0.25, -0.2) is 0 Å². The molecule has 0 aliphatic heterocycles. The minimum atomic E-state index is -0.706. The normalized spacial score (nSPS) is 22.5. The lowest BCUT2D eigenvalue weighted by Crippen LogP contribution is -2.40. The Morgan fingerprint density at radius 1 is 1.44 bits per heavy atom. The van der Waals surface area contributed by atoms with Crippen molar-refractivity contribution in [3.63, 3.8) is 0 Å². The van der Waals surface area contributed by atoms with Crippen molar-refractivity contribution in [1.29, 1.82) is 0 Å². The minimum absolute atomic E-state index is 0.265. The summed E-state index contributed by atoms with van der Waals surface area (Å²) in [6, 6.07) is 9.30. The van der Waals surface area contributed by atoms with Crippen molar-refractivity contribution in [1.82, 2.24) is 5.32 Å². The van der Waals surface area contributed by atoms with Gasteiger partial charge in [0.05, 0.1) is 0 Å². The zero-order chi connectivity index (χ0) is 13.0. The highest BCUT2D eigenvalue weighted by Gasteiger charge is 2.29. The molecule has 0 amide bonds. The van der Waals surface area contributed by atoms with Crippen LogP contribution in [-0.2, 0) is 4.79 Å². The molecule has 0 bridgehead atoms. The molecule has 0 saturated heterocycles. The number of carbonyl (C=O) groups is 1. The van der Waals surface area contributed by atoms with E-state index in [1.807, 2.05) is 0 Å². The van der Waals surface area contributed by atoms with Gasteiger partial charge in [-0.2, -0.15) is 0 Å². The van der Waals surface area contributed by atoms with Crippen LogP contribution in [0.2, 0.25) is 0 Å². The third-order valence-electron chi connectivity index (χ3n) is 3.65. The number of aliphatic carboxylic acids is 1. The number of carboxylic acid groups (broad SMARTS) is 1. The molecule has 98 valence electrons. The van der Waals surface area contributed by atoms with Crippen LogP contribution in [0.1, 0.15) is 42.7 Å². The fraction of sp³-hybridized carbons (Fsp3) is 0.533. The maximum atomic E-state index is 10.4. The molecule has 1 fully saturated rings. The van der Waals surface area contributed by atoms with Crippen molar-refractivity contribution in [3.8, 4) is 0 Å². The number of hydrogen-bond acceptors (Lipinski definition) is 2. The molecular weight excluding hydrogens is 226 g/mol. The molecule has 0 radical (unpaired) electrons. The van der Waals surface area contributed by atoms with Crippen molar-refractivity contribution in [2.75, 3.05) is 6.54 Å². The van der Waals surface area contributed by atoms with Crippen LogP contribution >= 0.6 is 0 Å². The molecule has 1 aromatic rings. The van der Waals surface area contributed by atoms with Crippen LogP contribution in [0.25, 0.3) is 0 Å². The molecule has 1 aromatic carbocycles. The first-order chi connectivity index (χ1) is 8.65. The van der Waals surface area contributed by atoms with Gasteiger partial charge in [-0.05, 0) is 44.2 Å². The predicted molar refractivity (Wildman–Crippen MR) is 71.8 cm³/mol. The van der Waals surface area contributed by atoms with Crippen LogP contribution in [0.15, 0.2) is 24.3 Å². The van der Waals surface area contributed by atoms with Gasteiger partial charge in [0.25, 0.3) is 0 Å². The monoisotopic (exact) mass is 247 g/mol. The Bertz CT molecular complexity index is 411. The van der Waals surface area contributed by atoms with Crippen LogP contribution in [-0.4, -0.2) is 23.7 Å². The van der Waals surface area contributed by atoms with Crippen LogP contribution in [0.5, 0.6) is 0 Å². The zero-order valence-corrected chi connectivity index (χ0v) is 10.9. The molecule has 0 unspecified atom stereocenters. The van der Waals surface area contributed by atoms with Crippen molar-refractivity contribution < 1.29 is 9.90 Å². The first kappa shape index (κ1) is 13.1. The SMILES string of the molecule is Cc1cccc(C2CC(NCCCC(=O)O)C2)c1. The van der Waals surface area contributed by atoms with Gasteiger partial charge in [0.1, 0.15) is 0 Å². The Morgan fingerprint density at radius 3 is 2.89 bits per heavy atom. The van der Waals surface area contributed by atoms with E-state index in [-0.39, 0.29) is 6.42 Å². The van der Waals surface area contributed by atoms with Gasteiger partial charge >= 0.3 is 5.97 Å². The van der Waals surface area contributed by atoms with Crippen LogP contribution < -0.4 is 5.32 Å². The van der Waals surface area contributed by atoms with Crippen LogP contribution in [0, 0.1) is 6.92 Å². The number of nitrogens with one attached hydrogen (secondary N) is 1. The highest BCUT2D eigenvalue weighted by molar-refractivity contribution is 5.66. The van der Waals surface area contributed by atoms with E-state index in [1.54, 1.807) is 0 Å². The lowest BCUT2D eigenvalue weighted by molar-refractivity contribution is -0.137. The summed E-state index contributed by atoms with van der Waals surface area (Å²) in [6.45, 7) is 2.95. The maximum Gasteiger partial charge on any atom is 0.303 e. The third kappa shape index (κ3) is 3.57. The molecular formula is C15H21NO2. The second kappa shape index (κ2) is 6.01. The average molecular weight is 247 g/mol. The summed E-state index contributed by atoms with van der Waals surface area (Å²) in [5.41, 5.74) is 2.77. The Balaban J connectivity index is 1.66. The van der Waals surface area contributed by atoms with E-state index < -0.39 is 5.97 Å². The van der Waals surface area contributed by atoms with Gasteiger partial charge in [0.2, 0.25) is 0 Å². The molecule has 18 heavy (non-hydrogen) atoms. The van der Waals surface area contributed by atoms with Gasteiger partial charge in [0, 0.05) is 12.5 Å². The van der Waals surface area contributed by atoms with E-state index in [9.17, 15) is 4.79 Å². The Labute approximate surface area is 108 Å². The number of aryl methyl sites for hydroxylation is 1. The van der Waals surface area contributed by atoms with E-state index >= 15 is 0 Å². The second-order valence-corrected chi connectivity index (χ2v) is 5.23. The molecule has 0 heterocycles. The predicted octanol–water partition coefficient (Wildman–Crippen LogP) is 2.70. The molecule has 3 nitrogen and oxygen atoms in total. The van der Waals surface area contributed by atoms with E-state index in [4.69, 9.17) is 5.11 Å². The molecule has 0 spiro atoms. The molecule has 0 aromatic heterocycles. The Kier molecular flexibility index (Phi) is 4.37. The average Bonchev–Trinajstić information content (AvgIpc) is 2.25. The quantitative estimate of drug-likeness (QED) is 0.760. The number of rotatable bonds is 6. The standard InChI is InChI=1S/C15H21NO2/c1-11-4-2-5-12(8-11)13-9-14(10-13)16-7-3-6-15(17)18/h2,4-5,8,13-14,16H,3,6-7,9-10H2,1H3,(H,17,18). The summed E-state index contributed by atoms with van der Waals surface area (Å²) in [5.74, 6) is -0.0232. The Hall–Kier alpha value is -1.35. The van der Waals surface area contributed by atoms with E-state index in [0.717, 1.165) is 13.0 Å². The van der Waals surface area contributed by atoms with E-state index in [2.05, 4.69) is 36.5 Å². The number of hydrogen-bond donors (Lipinski definition) is 2. The topological polar surface area (TPSA) is 49.3 Å². The van der Waals surface area contributed by atoms with Crippen molar-refractivity contribution in [2.45, 2.75) is 44.6 Å². The van der Waals surface area contributed by atoms with Gasteiger partial charge in [-0.1, -0.05) is 29.8 Å².